The van der Waals surface area contributed by atoms with E-state index < -0.39 is 0 Å². The van der Waals surface area contributed by atoms with Gasteiger partial charge in [0.05, 0.1) is 134 Å². The molecule has 0 unspecified atom stereocenters. The highest BCUT2D eigenvalue weighted by atomic mass is 16.3. The lowest BCUT2D eigenvalue weighted by atomic mass is 10.1. The van der Waals surface area contributed by atoms with Crippen LogP contribution in [0.25, 0.3) is 237 Å². The summed E-state index contributed by atoms with van der Waals surface area (Å²) in [5, 5.41) is 25.8. The zero-order valence-electron chi connectivity index (χ0n) is 78.1. The number of nitriles is 1. The van der Waals surface area contributed by atoms with E-state index in [9.17, 15) is 5.26 Å². The van der Waals surface area contributed by atoms with Crippen molar-refractivity contribution in [1.82, 2.24) is 69.5 Å². The first-order valence-electron chi connectivity index (χ1n) is 49.3. The summed E-state index contributed by atoms with van der Waals surface area (Å²) < 4.78 is 27.2. The molecule has 0 saturated heterocycles. The van der Waals surface area contributed by atoms with E-state index in [-0.39, 0.29) is 0 Å². The van der Waals surface area contributed by atoms with E-state index in [0.717, 1.165) is 234 Å². The highest BCUT2D eigenvalue weighted by Crippen LogP contribution is 2.50. The van der Waals surface area contributed by atoms with Crippen molar-refractivity contribution in [1.29, 1.82) is 5.26 Å². The Morgan fingerprint density at radius 3 is 0.701 bits per heavy atom. The average molecular weight is 1880 g/mol. The maximum Gasteiger partial charge on any atom is 0.223 e. The van der Waals surface area contributed by atoms with Crippen LogP contribution in [0.4, 0.5) is 51.2 Å². The molecule has 682 valence electrons. The molecule has 0 amide bonds. The Labute approximate surface area is 831 Å². The predicted octanol–water partition coefficient (Wildman–Crippen LogP) is 31.5. The van der Waals surface area contributed by atoms with Gasteiger partial charge in [-0.1, -0.05) is 249 Å². The smallest absolute Gasteiger partial charge is 0.223 e. The van der Waals surface area contributed by atoms with Crippen molar-refractivity contribution < 1.29 is 4.42 Å². The van der Waals surface area contributed by atoms with Gasteiger partial charge in [0.1, 0.15) is 22.1 Å². The van der Waals surface area contributed by atoms with Crippen molar-refractivity contribution in [3.63, 3.8) is 0 Å². The van der Waals surface area contributed by atoms with Crippen molar-refractivity contribution >= 4 is 288 Å². The molecule has 13 aromatic heterocycles. The van der Waals surface area contributed by atoms with E-state index in [4.69, 9.17) is 34.3 Å². The summed E-state index contributed by atoms with van der Waals surface area (Å²) in [6.07, 6.45) is 0. The molecule has 0 aliphatic carbocycles. The molecular weight excluding hydrogens is 1810 g/mol. The summed E-state index contributed by atoms with van der Waals surface area (Å²) in [7, 11) is 0. The van der Waals surface area contributed by atoms with Crippen molar-refractivity contribution in [3.05, 3.63) is 448 Å². The van der Waals surface area contributed by atoms with E-state index in [0.29, 0.717) is 5.56 Å². The molecule has 0 aliphatic rings. The van der Waals surface area contributed by atoms with Crippen LogP contribution in [-0.4, -0.2) is 69.5 Å². The number of imidazole rings is 12. The molecule has 0 radical (unpaired) electrons. The van der Waals surface area contributed by atoms with Crippen LogP contribution in [0.1, 0.15) is 5.56 Å². The summed E-state index contributed by atoms with van der Waals surface area (Å²) in [4.78, 5) is 38.7. The van der Waals surface area contributed by atoms with Gasteiger partial charge in [0.2, 0.25) is 34.7 Å². The molecule has 22 aromatic carbocycles. The third-order valence-corrected chi connectivity index (χ3v) is 30.2. The first kappa shape index (κ1) is 79.1. The van der Waals surface area contributed by atoms with Crippen LogP contribution in [0.5, 0.6) is 0 Å². The lowest BCUT2D eigenvalue weighted by Crippen LogP contribution is -2.10. The number of aromatic nitrogens is 15. The van der Waals surface area contributed by atoms with Gasteiger partial charge < -0.3 is 19.1 Å². The summed E-state index contributed by atoms with van der Waals surface area (Å²) in [6, 6.07) is 158. The summed E-state index contributed by atoms with van der Waals surface area (Å²) in [5.41, 5.74) is 33.3. The number of furan rings is 1. The molecule has 20 heteroatoms. The van der Waals surface area contributed by atoms with E-state index in [1.165, 1.54) is 53.9 Å². The standard InChI is InChI=1S/C46H26N6O.C41H23N7.C40H24N6/c1-2-15-31(16-3-1)49(37-19-10-18-34-33-17-8-9-20-42(33)53-44(34)37)32-25-40-43-41(26-32)51-39-24-30-14-7-5-12-28(30)22-36(39)48-46(51)52(43)45-47-35-21-27-11-4-6-13-29(27)23-38(35)50(40)45;42-24-25-14-16-31(17-15-25)45(30-12-2-1-3-13-30)32-22-37-39-38(23-32)47-36-21-29-11-7-5-9-27(29)19-34(36)44-41(47)48(39)40-43-33-18-26-8-4-6-10-28(26)20-35(33)46(37)40;1-3-15-29(16-4-1)43(30-17-5-2-6-18-30)31-23-36-38-37(24-31)45-35-22-28-14-10-8-12-26(28)20-33(35)42-40(45)46(38)39-41-32-19-25-11-7-9-13-27(25)21-34(32)44(36)39/h1-26H;1-23H;1-24H. The summed E-state index contributed by atoms with van der Waals surface area (Å²) in [6.45, 7) is 0. The van der Waals surface area contributed by atoms with Gasteiger partial charge in [0.25, 0.3) is 0 Å². The Bertz CT molecular complexity index is 11300. The zero-order chi connectivity index (χ0) is 95.8. The largest absolute Gasteiger partial charge is 0.454 e. The van der Waals surface area contributed by atoms with Crippen molar-refractivity contribution in [2.45, 2.75) is 0 Å². The topological polar surface area (TPSA) is 164 Å². The van der Waals surface area contributed by atoms with Crippen LogP contribution in [-0.2, 0) is 0 Å². The summed E-state index contributed by atoms with van der Waals surface area (Å²) >= 11 is 0. The Hall–Kier alpha value is -20.7. The van der Waals surface area contributed by atoms with Gasteiger partial charge in [0, 0.05) is 39.2 Å². The number of fused-ring (bicyclic) bond motifs is 39. The fourth-order valence-corrected chi connectivity index (χ4v) is 23.8. The molecule has 147 heavy (non-hydrogen) atoms. The molecule has 0 saturated carbocycles. The molecule has 35 rings (SSSR count). The second-order valence-corrected chi connectivity index (χ2v) is 38.4. The van der Waals surface area contributed by atoms with Gasteiger partial charge >= 0.3 is 0 Å². The van der Waals surface area contributed by atoms with E-state index >= 15 is 0 Å². The van der Waals surface area contributed by atoms with Gasteiger partial charge in [0.15, 0.2) is 5.58 Å². The lowest BCUT2D eigenvalue weighted by molar-refractivity contribution is 0.669. The minimum Gasteiger partial charge on any atom is -0.454 e. The van der Waals surface area contributed by atoms with Crippen LogP contribution in [0.2, 0.25) is 0 Å². The van der Waals surface area contributed by atoms with E-state index in [1.54, 1.807) is 0 Å². The van der Waals surface area contributed by atoms with Gasteiger partial charge in [-0.3, -0.25) is 26.4 Å². The first-order chi connectivity index (χ1) is 72.8. The minimum atomic E-state index is 0.624. The SMILES string of the molecule is N#Cc1ccc(N(c2ccccc2)c2cc3c4c(c2)n2c5cc6ccccc6cc5nc2n4c2nc4cc5ccccc5cc4n32)cc1.c1ccc(N(c2cc3c4c(c2)n2c5cc6ccccc6cc5nc2n4c2nc4cc5ccccc5cc4n32)c2cccc3c2oc2ccccc23)cc1.c1ccc(N(c2ccccc2)c2cc3c4c(c2)n2c5cc6ccccc6cc5nc2n4c2nc4cc5ccccc5cc4n32)cc1. The Balaban J connectivity index is 0.0000000964. The zero-order valence-corrected chi connectivity index (χ0v) is 78.1. The van der Waals surface area contributed by atoms with Gasteiger partial charge in [-0.05, 0) is 259 Å². The number of para-hydroxylation sites is 6. The quantitative estimate of drug-likeness (QED) is 0.135. The van der Waals surface area contributed by atoms with Gasteiger partial charge in [-0.2, -0.15) is 5.26 Å². The van der Waals surface area contributed by atoms with Gasteiger partial charge in [-0.15, -0.1) is 0 Å². The second-order valence-electron chi connectivity index (χ2n) is 38.4. The summed E-state index contributed by atoms with van der Waals surface area (Å²) in [5.74, 6) is 5.07. The van der Waals surface area contributed by atoms with Crippen LogP contribution in [0.15, 0.2) is 447 Å². The molecule has 20 nitrogen and oxygen atoms in total. The van der Waals surface area contributed by atoms with Crippen LogP contribution in [0, 0.1) is 11.3 Å². The minimum absolute atomic E-state index is 0.624. The van der Waals surface area contributed by atoms with Crippen LogP contribution < -0.4 is 14.7 Å². The first-order valence-corrected chi connectivity index (χ1v) is 49.3. The van der Waals surface area contributed by atoms with Crippen LogP contribution >= 0.6 is 0 Å². The van der Waals surface area contributed by atoms with E-state index in [2.05, 4.69) is 461 Å². The molecule has 35 aromatic rings. The van der Waals surface area contributed by atoms with Gasteiger partial charge in [-0.25, -0.2) is 43.1 Å². The molecule has 0 spiro atoms. The number of hydrogen-bond acceptors (Lipinski definition) is 11. The Morgan fingerprint density at radius 1 is 0.190 bits per heavy atom. The maximum atomic E-state index is 9.54. The number of hydrogen-bond donors (Lipinski definition) is 0. The molecule has 0 atom stereocenters. The third kappa shape index (κ3) is 11.3. The normalized spacial score (nSPS) is 12.3. The lowest BCUT2D eigenvalue weighted by Gasteiger charge is -2.25. The molecular formula is C127H73N19O. The second kappa shape index (κ2) is 29.7. The predicted molar refractivity (Wildman–Crippen MR) is 597 cm³/mol. The number of anilines is 9. The number of rotatable bonds is 9. The highest BCUT2D eigenvalue weighted by molar-refractivity contribution is 6.16. The third-order valence-electron chi connectivity index (χ3n) is 30.2. The monoisotopic (exact) mass is 1880 g/mol. The molecule has 0 fully saturated rings. The van der Waals surface area contributed by atoms with Crippen LogP contribution in [0.3, 0.4) is 0 Å². The van der Waals surface area contributed by atoms with E-state index in [1.807, 2.05) is 42.5 Å². The maximum absolute atomic E-state index is 9.54. The van der Waals surface area contributed by atoms with Crippen molar-refractivity contribution in [2.24, 2.45) is 0 Å². The fraction of sp³-hybridized carbons (Fsp3) is 0. The molecule has 0 bridgehead atoms. The average Bonchev–Trinajstić information content (AvgIpc) is 1.52. The Kier molecular flexibility index (Phi) is 16.0. The fourth-order valence-electron chi connectivity index (χ4n) is 23.8. The molecule has 13 heterocycles. The number of benzene rings is 22. The van der Waals surface area contributed by atoms with Crippen molar-refractivity contribution in [2.75, 3.05) is 14.7 Å². The number of nitrogens with zero attached hydrogens (tertiary/aromatic N) is 19. The molecule has 0 N–H and O–H groups in total. The Morgan fingerprint density at radius 2 is 0.422 bits per heavy atom. The molecule has 0 aliphatic heterocycles. The van der Waals surface area contributed by atoms with Crippen molar-refractivity contribution in [3.8, 4) is 6.07 Å². The highest BCUT2D eigenvalue weighted by Gasteiger charge is 2.33.